The number of ether oxygens (including phenoxy) is 1. The Hall–Kier alpha value is -1.08. The summed E-state index contributed by atoms with van der Waals surface area (Å²) in [5.41, 5.74) is 0. The van der Waals surface area contributed by atoms with Crippen molar-refractivity contribution >= 4 is 5.91 Å². The number of carbonyl (C=O) groups is 1. The number of nitrogens with zero attached hydrogens (tertiary/aromatic N) is 2. The van der Waals surface area contributed by atoms with Gasteiger partial charge < -0.3 is 9.64 Å². The molecule has 0 aromatic carbocycles. The molecule has 15 heavy (non-hydrogen) atoms. The number of nitriles is 1. The predicted octanol–water partition coefficient (Wildman–Crippen LogP) is 1.18. The van der Waals surface area contributed by atoms with E-state index in [4.69, 9.17) is 10.00 Å². The Labute approximate surface area is 90.8 Å². The molecule has 4 heteroatoms. The topological polar surface area (TPSA) is 53.3 Å². The molecule has 0 aromatic rings. The largest absolute Gasteiger partial charge is 0.381 e. The van der Waals surface area contributed by atoms with Gasteiger partial charge in [0.25, 0.3) is 0 Å². The Kier molecular flexibility index (Phi) is 5.13. The van der Waals surface area contributed by atoms with Crippen molar-refractivity contribution in [2.24, 2.45) is 5.92 Å². The summed E-state index contributed by atoms with van der Waals surface area (Å²) in [7, 11) is 1.72. The van der Waals surface area contributed by atoms with Crippen molar-refractivity contribution in [3.63, 3.8) is 0 Å². The third-order valence-corrected chi connectivity index (χ3v) is 2.50. The minimum atomic E-state index is 0.0565. The fourth-order valence-corrected chi connectivity index (χ4v) is 1.23. The highest BCUT2D eigenvalue weighted by Gasteiger charge is 2.21. The molecule has 84 valence electrons. The highest BCUT2D eigenvalue weighted by molar-refractivity contribution is 5.75. The molecule has 1 aliphatic rings. The van der Waals surface area contributed by atoms with E-state index < -0.39 is 0 Å². The van der Waals surface area contributed by atoms with Crippen molar-refractivity contribution in [3.05, 3.63) is 0 Å². The lowest BCUT2D eigenvalue weighted by molar-refractivity contribution is -0.131. The molecule has 0 N–H and O–H groups in total. The zero-order valence-corrected chi connectivity index (χ0v) is 9.24. The van der Waals surface area contributed by atoms with Gasteiger partial charge in [-0.1, -0.05) is 0 Å². The first-order chi connectivity index (χ1) is 7.24. The van der Waals surface area contributed by atoms with E-state index in [0.29, 0.717) is 26.0 Å². The molecular weight excluding hydrogens is 192 g/mol. The summed E-state index contributed by atoms with van der Waals surface area (Å²) >= 11 is 0. The highest BCUT2D eigenvalue weighted by atomic mass is 16.5. The number of amides is 1. The van der Waals surface area contributed by atoms with E-state index >= 15 is 0 Å². The first-order valence-electron chi connectivity index (χ1n) is 5.42. The van der Waals surface area contributed by atoms with Gasteiger partial charge in [0.2, 0.25) is 5.91 Å². The molecule has 0 radical (unpaired) electrons. The van der Waals surface area contributed by atoms with E-state index in [1.54, 1.807) is 11.9 Å². The molecule has 0 aliphatic heterocycles. The molecule has 0 atom stereocenters. The van der Waals surface area contributed by atoms with Crippen molar-refractivity contribution in [1.29, 1.82) is 5.26 Å². The standard InChI is InChI=1S/C11H18N2O2/c1-13(7-2-6-12)11(14)5-8-15-9-10-3-4-10/h10H,2-5,7-9H2,1H3. The molecule has 0 saturated heterocycles. The molecule has 0 heterocycles. The molecule has 0 unspecified atom stereocenters. The summed E-state index contributed by atoms with van der Waals surface area (Å²) in [4.78, 5) is 13.0. The number of carbonyl (C=O) groups excluding carboxylic acids is 1. The third-order valence-electron chi connectivity index (χ3n) is 2.50. The van der Waals surface area contributed by atoms with Gasteiger partial charge in [0, 0.05) is 20.2 Å². The van der Waals surface area contributed by atoms with Gasteiger partial charge in [0.1, 0.15) is 0 Å². The predicted molar refractivity (Wildman–Crippen MR) is 56.0 cm³/mol. The van der Waals surface area contributed by atoms with Crippen LogP contribution in [0, 0.1) is 17.2 Å². The van der Waals surface area contributed by atoms with Crippen LogP contribution in [-0.2, 0) is 9.53 Å². The van der Waals surface area contributed by atoms with Gasteiger partial charge in [-0.15, -0.1) is 0 Å². The van der Waals surface area contributed by atoms with Gasteiger partial charge in [-0.3, -0.25) is 4.79 Å². The lowest BCUT2D eigenvalue weighted by atomic mass is 10.3. The minimum absolute atomic E-state index is 0.0565. The van der Waals surface area contributed by atoms with Gasteiger partial charge in [0.05, 0.1) is 25.5 Å². The maximum atomic E-state index is 11.4. The van der Waals surface area contributed by atoms with Crippen LogP contribution in [0.4, 0.5) is 0 Å². The molecule has 0 bridgehead atoms. The van der Waals surface area contributed by atoms with Gasteiger partial charge in [-0.25, -0.2) is 0 Å². The number of hydrogen-bond donors (Lipinski definition) is 0. The van der Waals surface area contributed by atoms with E-state index in [1.165, 1.54) is 12.8 Å². The van der Waals surface area contributed by atoms with Crippen LogP contribution in [0.1, 0.15) is 25.7 Å². The molecule has 1 aliphatic carbocycles. The molecule has 0 aromatic heterocycles. The van der Waals surface area contributed by atoms with E-state index in [9.17, 15) is 4.79 Å². The first-order valence-corrected chi connectivity index (χ1v) is 5.42. The van der Waals surface area contributed by atoms with Crippen molar-refractivity contribution in [1.82, 2.24) is 4.90 Å². The maximum Gasteiger partial charge on any atom is 0.224 e. The second-order valence-corrected chi connectivity index (χ2v) is 3.99. The average Bonchev–Trinajstić information content (AvgIpc) is 3.04. The quantitative estimate of drug-likeness (QED) is 0.593. The Morgan fingerprint density at radius 3 is 2.93 bits per heavy atom. The van der Waals surface area contributed by atoms with Crippen molar-refractivity contribution in [3.8, 4) is 6.07 Å². The summed E-state index contributed by atoms with van der Waals surface area (Å²) in [6, 6.07) is 2.02. The van der Waals surface area contributed by atoms with Crippen LogP contribution in [0.15, 0.2) is 0 Å². The van der Waals surface area contributed by atoms with Gasteiger partial charge in [0.15, 0.2) is 0 Å². The summed E-state index contributed by atoms with van der Waals surface area (Å²) in [6.07, 6.45) is 3.37. The van der Waals surface area contributed by atoms with E-state index in [-0.39, 0.29) is 5.91 Å². The maximum absolute atomic E-state index is 11.4. The lowest BCUT2D eigenvalue weighted by Crippen LogP contribution is -2.28. The fraction of sp³-hybridized carbons (Fsp3) is 0.818. The van der Waals surface area contributed by atoms with E-state index in [1.807, 2.05) is 6.07 Å². The zero-order valence-electron chi connectivity index (χ0n) is 9.24. The SMILES string of the molecule is CN(CCC#N)C(=O)CCOCC1CC1. The highest BCUT2D eigenvalue weighted by Crippen LogP contribution is 2.28. The monoisotopic (exact) mass is 210 g/mol. The lowest BCUT2D eigenvalue weighted by Gasteiger charge is -2.15. The molecule has 1 rings (SSSR count). The Morgan fingerprint density at radius 2 is 2.33 bits per heavy atom. The average molecular weight is 210 g/mol. The van der Waals surface area contributed by atoms with Crippen LogP contribution in [0.2, 0.25) is 0 Å². The second-order valence-electron chi connectivity index (χ2n) is 3.99. The third kappa shape index (κ3) is 5.38. The van der Waals surface area contributed by atoms with Gasteiger partial charge in [-0.2, -0.15) is 5.26 Å². The molecule has 1 amide bonds. The summed E-state index contributed by atoms with van der Waals surface area (Å²) in [6.45, 7) is 1.82. The van der Waals surface area contributed by atoms with Gasteiger partial charge in [-0.05, 0) is 18.8 Å². The molecule has 1 fully saturated rings. The van der Waals surface area contributed by atoms with Crippen LogP contribution in [0.25, 0.3) is 0 Å². The molecule has 4 nitrogen and oxygen atoms in total. The van der Waals surface area contributed by atoms with E-state index in [0.717, 1.165) is 12.5 Å². The Balaban J connectivity index is 1.98. The molecule has 1 saturated carbocycles. The normalized spacial score (nSPS) is 14.7. The summed E-state index contributed by atoms with van der Waals surface area (Å²) < 4.78 is 5.37. The van der Waals surface area contributed by atoms with Crippen molar-refractivity contribution in [2.75, 3.05) is 26.8 Å². The number of rotatable bonds is 7. The van der Waals surface area contributed by atoms with Crippen molar-refractivity contribution < 1.29 is 9.53 Å². The summed E-state index contributed by atoms with van der Waals surface area (Å²) in [5, 5.41) is 8.37. The first kappa shape index (κ1) is 12.0. The summed E-state index contributed by atoms with van der Waals surface area (Å²) in [5.74, 6) is 0.803. The van der Waals surface area contributed by atoms with Gasteiger partial charge >= 0.3 is 0 Å². The zero-order chi connectivity index (χ0) is 11.1. The van der Waals surface area contributed by atoms with Crippen LogP contribution in [0.3, 0.4) is 0 Å². The molecule has 0 spiro atoms. The second kappa shape index (κ2) is 6.41. The van der Waals surface area contributed by atoms with Crippen LogP contribution in [-0.4, -0.2) is 37.6 Å². The smallest absolute Gasteiger partial charge is 0.224 e. The Morgan fingerprint density at radius 1 is 1.60 bits per heavy atom. The van der Waals surface area contributed by atoms with Crippen LogP contribution < -0.4 is 0 Å². The molecular formula is C11H18N2O2. The van der Waals surface area contributed by atoms with E-state index in [2.05, 4.69) is 0 Å². The Bertz CT molecular complexity index is 243. The van der Waals surface area contributed by atoms with Crippen molar-refractivity contribution in [2.45, 2.75) is 25.7 Å². The fourth-order valence-electron chi connectivity index (χ4n) is 1.23. The minimum Gasteiger partial charge on any atom is -0.381 e. The van der Waals surface area contributed by atoms with Crippen LogP contribution >= 0.6 is 0 Å². The number of hydrogen-bond acceptors (Lipinski definition) is 3. The van der Waals surface area contributed by atoms with Crippen LogP contribution in [0.5, 0.6) is 0 Å².